The maximum Gasteiger partial charge on any atom is 0.173 e. The number of aryl methyl sites for hydroxylation is 1. The second kappa shape index (κ2) is 6.80. The van der Waals surface area contributed by atoms with Crippen molar-refractivity contribution in [3.8, 4) is 0 Å². The summed E-state index contributed by atoms with van der Waals surface area (Å²) in [6.07, 6.45) is 11.5. The molecule has 1 aromatic carbocycles. The summed E-state index contributed by atoms with van der Waals surface area (Å²) in [5.41, 5.74) is 3.32. The summed E-state index contributed by atoms with van der Waals surface area (Å²) in [7, 11) is 1.93. The van der Waals surface area contributed by atoms with Gasteiger partial charge in [-0.3, -0.25) is 14.4 Å². The van der Waals surface area contributed by atoms with Crippen LogP contribution < -0.4 is 5.32 Å². The van der Waals surface area contributed by atoms with Crippen LogP contribution in [0, 0.1) is 0 Å². The molecule has 0 saturated carbocycles. The minimum atomic E-state index is 0.156. The van der Waals surface area contributed by atoms with Gasteiger partial charge >= 0.3 is 0 Å². The number of hydrogen-bond donors (Lipinski definition) is 1. The van der Waals surface area contributed by atoms with Crippen LogP contribution >= 0.6 is 0 Å². The van der Waals surface area contributed by atoms with E-state index in [4.69, 9.17) is 4.99 Å². The molecule has 2 aliphatic rings. The van der Waals surface area contributed by atoms with Crippen molar-refractivity contribution in [1.29, 1.82) is 0 Å². The van der Waals surface area contributed by atoms with E-state index < -0.39 is 0 Å². The molecule has 4 heterocycles. The van der Waals surface area contributed by atoms with Crippen molar-refractivity contribution in [2.45, 2.75) is 12.6 Å². The Balaban J connectivity index is 1.29. The molecular formula is C20H20N8. The summed E-state index contributed by atoms with van der Waals surface area (Å²) < 4.78 is 3.72. The number of amidine groups is 2. The molecule has 0 aliphatic carbocycles. The number of fused-ring (bicyclic) bond motifs is 1. The molecule has 1 N–H and O–H groups in total. The molecular weight excluding hydrogens is 352 g/mol. The molecule has 1 unspecified atom stereocenters. The second-order valence-corrected chi connectivity index (χ2v) is 6.84. The van der Waals surface area contributed by atoms with Crippen LogP contribution in [0.2, 0.25) is 0 Å². The third kappa shape index (κ3) is 3.09. The highest BCUT2D eigenvalue weighted by Crippen LogP contribution is 2.29. The summed E-state index contributed by atoms with van der Waals surface area (Å²) in [6, 6.07) is 10.4. The molecule has 5 rings (SSSR count). The van der Waals surface area contributed by atoms with Gasteiger partial charge in [0.25, 0.3) is 0 Å². The average Bonchev–Trinajstić information content (AvgIpc) is 3.44. The Morgan fingerprint density at radius 2 is 2.07 bits per heavy atom. The van der Waals surface area contributed by atoms with Crippen molar-refractivity contribution in [2.24, 2.45) is 17.0 Å². The van der Waals surface area contributed by atoms with Gasteiger partial charge in [0.15, 0.2) is 11.7 Å². The summed E-state index contributed by atoms with van der Waals surface area (Å²) in [6.45, 7) is 1.44. The Hall–Kier alpha value is -3.68. The molecule has 8 nitrogen and oxygen atoms in total. The quantitative estimate of drug-likeness (QED) is 0.763. The minimum absolute atomic E-state index is 0.156. The number of nitrogens with zero attached hydrogens (tertiary/aromatic N) is 7. The lowest BCUT2D eigenvalue weighted by Crippen LogP contribution is -2.37. The zero-order valence-corrected chi connectivity index (χ0v) is 15.5. The first-order valence-electron chi connectivity index (χ1n) is 9.16. The second-order valence-electron chi connectivity index (χ2n) is 6.84. The summed E-state index contributed by atoms with van der Waals surface area (Å²) in [5, 5.41) is 11.9. The fraction of sp³-hybridized carbons (Fsp3) is 0.200. The van der Waals surface area contributed by atoms with Crippen LogP contribution in [-0.4, -0.2) is 42.7 Å². The zero-order chi connectivity index (χ0) is 18.9. The van der Waals surface area contributed by atoms with Crippen LogP contribution in [0.3, 0.4) is 0 Å². The zero-order valence-electron chi connectivity index (χ0n) is 15.5. The van der Waals surface area contributed by atoms with Gasteiger partial charge in [-0.1, -0.05) is 12.1 Å². The highest BCUT2D eigenvalue weighted by molar-refractivity contribution is 6.45. The fourth-order valence-electron chi connectivity index (χ4n) is 3.48. The highest BCUT2D eigenvalue weighted by Gasteiger charge is 2.32. The largest absolute Gasteiger partial charge is 0.337 e. The van der Waals surface area contributed by atoms with Gasteiger partial charge in [-0.2, -0.15) is 10.2 Å². The van der Waals surface area contributed by atoms with Crippen molar-refractivity contribution < 1.29 is 0 Å². The first-order valence-corrected chi connectivity index (χ1v) is 9.16. The number of aromatic nitrogens is 4. The van der Waals surface area contributed by atoms with Crippen LogP contribution in [0.25, 0.3) is 0 Å². The molecule has 0 amide bonds. The fourth-order valence-corrected chi connectivity index (χ4v) is 3.48. The van der Waals surface area contributed by atoms with E-state index in [1.54, 1.807) is 6.20 Å². The Bertz CT molecular complexity index is 1060. The molecule has 140 valence electrons. The van der Waals surface area contributed by atoms with Crippen LogP contribution in [-0.2, 0) is 13.6 Å². The molecule has 0 saturated heterocycles. The number of benzene rings is 1. The third-order valence-corrected chi connectivity index (χ3v) is 4.87. The lowest BCUT2D eigenvalue weighted by Gasteiger charge is -2.26. The van der Waals surface area contributed by atoms with E-state index in [9.17, 15) is 0 Å². The van der Waals surface area contributed by atoms with Gasteiger partial charge in [-0.15, -0.1) is 0 Å². The van der Waals surface area contributed by atoms with E-state index in [0.717, 1.165) is 29.5 Å². The minimum Gasteiger partial charge on any atom is -0.337 e. The topological polar surface area (TPSA) is 75.6 Å². The van der Waals surface area contributed by atoms with Crippen molar-refractivity contribution in [2.75, 3.05) is 11.9 Å². The van der Waals surface area contributed by atoms with Crippen molar-refractivity contribution >= 4 is 17.4 Å². The third-order valence-electron chi connectivity index (χ3n) is 4.87. The molecule has 0 spiro atoms. The Morgan fingerprint density at radius 3 is 2.82 bits per heavy atom. The summed E-state index contributed by atoms with van der Waals surface area (Å²) >= 11 is 0. The lowest BCUT2D eigenvalue weighted by molar-refractivity contribution is 0.458. The predicted octanol–water partition coefficient (Wildman–Crippen LogP) is 2.42. The normalized spacial score (nSPS) is 18.0. The summed E-state index contributed by atoms with van der Waals surface area (Å²) in [4.78, 5) is 11.4. The molecule has 1 atom stereocenters. The van der Waals surface area contributed by atoms with E-state index >= 15 is 0 Å². The SMILES string of the molecule is Cn1cc(C2CN=C3C(Nc4ccc(Cn5cccn5)cc4)=NC=CN32)cn1. The van der Waals surface area contributed by atoms with E-state index in [0.29, 0.717) is 6.54 Å². The number of aliphatic imine (C=N–C) groups is 2. The molecule has 2 aromatic heterocycles. The van der Waals surface area contributed by atoms with Gasteiger partial charge in [-0.05, 0) is 23.8 Å². The first kappa shape index (κ1) is 16.5. The van der Waals surface area contributed by atoms with Crippen molar-refractivity contribution in [3.63, 3.8) is 0 Å². The molecule has 3 aromatic rings. The Kier molecular flexibility index (Phi) is 4.01. The smallest absolute Gasteiger partial charge is 0.173 e. The van der Waals surface area contributed by atoms with Crippen LogP contribution in [0.5, 0.6) is 0 Å². The van der Waals surface area contributed by atoms with Gasteiger partial charge in [0.1, 0.15) is 0 Å². The van der Waals surface area contributed by atoms with E-state index in [1.165, 1.54) is 5.56 Å². The van der Waals surface area contributed by atoms with Crippen molar-refractivity contribution in [3.05, 3.63) is 78.6 Å². The standard InChI is InChI=1S/C20H20N8/c1-26-14-16(11-24-26)18-12-22-20-19(21-8-10-28(18)20)25-17-5-3-15(4-6-17)13-27-9-2-7-23-27/h2-11,14,18H,12-13H2,1H3,(H,21,25). The number of hydrogen-bond acceptors (Lipinski definition) is 6. The molecule has 0 bridgehead atoms. The van der Waals surface area contributed by atoms with E-state index in [-0.39, 0.29) is 6.04 Å². The van der Waals surface area contributed by atoms with E-state index in [2.05, 4.69) is 49.7 Å². The maximum atomic E-state index is 4.72. The van der Waals surface area contributed by atoms with Gasteiger partial charge in [0.05, 0.1) is 25.3 Å². The highest BCUT2D eigenvalue weighted by atomic mass is 15.3. The van der Waals surface area contributed by atoms with Gasteiger partial charge in [-0.25, -0.2) is 4.99 Å². The Labute approximate surface area is 162 Å². The number of nitrogens with one attached hydrogen (secondary N) is 1. The molecule has 28 heavy (non-hydrogen) atoms. The number of rotatable bonds is 4. The van der Waals surface area contributed by atoms with Gasteiger partial charge < -0.3 is 10.2 Å². The Morgan fingerprint density at radius 1 is 1.18 bits per heavy atom. The molecule has 0 radical (unpaired) electrons. The van der Waals surface area contributed by atoms with Gasteiger partial charge in [0.2, 0.25) is 0 Å². The average molecular weight is 372 g/mol. The van der Waals surface area contributed by atoms with Gasteiger partial charge in [0, 0.05) is 49.3 Å². The van der Waals surface area contributed by atoms with Crippen LogP contribution in [0.15, 0.2) is 77.5 Å². The predicted molar refractivity (Wildman–Crippen MR) is 108 cm³/mol. The van der Waals surface area contributed by atoms with Crippen LogP contribution in [0.1, 0.15) is 17.2 Å². The van der Waals surface area contributed by atoms with Crippen LogP contribution in [0.4, 0.5) is 5.69 Å². The summed E-state index contributed by atoms with van der Waals surface area (Å²) in [5.74, 6) is 1.62. The molecule has 2 aliphatic heterocycles. The lowest BCUT2D eigenvalue weighted by atomic mass is 10.1. The van der Waals surface area contributed by atoms with E-state index in [1.807, 2.05) is 53.5 Å². The van der Waals surface area contributed by atoms with Crippen molar-refractivity contribution in [1.82, 2.24) is 24.5 Å². The first-order chi connectivity index (χ1) is 13.8. The number of anilines is 1. The molecule has 8 heteroatoms. The molecule has 0 fully saturated rings. The maximum absolute atomic E-state index is 4.72. The monoisotopic (exact) mass is 372 g/mol.